The van der Waals surface area contributed by atoms with E-state index >= 15 is 0 Å². The molecule has 0 radical (unpaired) electrons. The van der Waals surface area contributed by atoms with Crippen LogP contribution in [0, 0.1) is 22.7 Å². The molecule has 0 saturated heterocycles. The zero-order chi connectivity index (χ0) is 18.4. The normalized spacial score (nSPS) is 27.0. The maximum Gasteiger partial charge on any atom is 0.267 e. The van der Waals surface area contributed by atoms with Crippen molar-refractivity contribution in [2.45, 2.75) is 78.2 Å². The van der Waals surface area contributed by atoms with E-state index in [9.17, 15) is 4.79 Å². The molecule has 1 atom stereocenters. The van der Waals surface area contributed by atoms with Crippen LogP contribution < -0.4 is 0 Å². The Labute approximate surface area is 154 Å². The number of nitrogens with zero attached hydrogens (tertiary/aromatic N) is 1. The van der Waals surface area contributed by atoms with Gasteiger partial charge in [-0.25, -0.2) is 0 Å². The highest BCUT2D eigenvalue weighted by atomic mass is 16.2. The van der Waals surface area contributed by atoms with E-state index in [1.807, 2.05) is 11.9 Å². The molecule has 0 aromatic rings. The lowest BCUT2D eigenvalue weighted by Gasteiger charge is -2.40. The maximum absolute atomic E-state index is 12.6. The average molecular weight is 345 g/mol. The van der Waals surface area contributed by atoms with Crippen LogP contribution in [0.15, 0.2) is 24.3 Å². The third-order valence-electron chi connectivity index (χ3n) is 6.15. The Kier molecular flexibility index (Phi) is 7.04. The second-order valence-electron chi connectivity index (χ2n) is 8.96. The summed E-state index contributed by atoms with van der Waals surface area (Å²) in [5, 5.41) is 8.23. The summed E-state index contributed by atoms with van der Waals surface area (Å²) in [7, 11) is 1.90. The highest BCUT2D eigenvalue weighted by Crippen LogP contribution is 2.38. The Morgan fingerprint density at radius 3 is 2.44 bits per heavy atom. The van der Waals surface area contributed by atoms with Crippen LogP contribution in [0.2, 0.25) is 0 Å². The lowest BCUT2D eigenvalue weighted by atomic mass is 9.71. The zero-order valence-electron chi connectivity index (χ0n) is 16.6. The van der Waals surface area contributed by atoms with E-state index in [4.69, 9.17) is 5.41 Å². The Balaban J connectivity index is 1.78. The van der Waals surface area contributed by atoms with Gasteiger partial charge >= 0.3 is 0 Å². The molecule has 0 bridgehead atoms. The van der Waals surface area contributed by atoms with Gasteiger partial charge in [0.05, 0.1) is 5.71 Å². The summed E-state index contributed by atoms with van der Waals surface area (Å²) in [6.45, 7) is 6.96. The summed E-state index contributed by atoms with van der Waals surface area (Å²) in [6.07, 6.45) is 16.9. The first kappa shape index (κ1) is 19.9. The number of nitrogens with one attached hydrogen (secondary N) is 1. The zero-order valence-corrected chi connectivity index (χ0v) is 16.6. The molecule has 0 heterocycles. The van der Waals surface area contributed by atoms with Crippen LogP contribution >= 0.6 is 0 Å². The van der Waals surface area contributed by atoms with Gasteiger partial charge in [-0.2, -0.15) is 0 Å². The summed E-state index contributed by atoms with van der Waals surface area (Å²) >= 11 is 0. The quantitative estimate of drug-likeness (QED) is 0.669. The minimum absolute atomic E-state index is 0.0602. The van der Waals surface area contributed by atoms with E-state index in [2.05, 4.69) is 45.1 Å². The van der Waals surface area contributed by atoms with Gasteiger partial charge in [0, 0.05) is 13.1 Å². The van der Waals surface area contributed by atoms with E-state index in [-0.39, 0.29) is 11.6 Å². The van der Waals surface area contributed by atoms with Crippen LogP contribution in [-0.2, 0) is 4.79 Å². The van der Waals surface area contributed by atoms with Crippen LogP contribution in [-0.4, -0.2) is 29.6 Å². The minimum atomic E-state index is -0.0602. The van der Waals surface area contributed by atoms with Crippen molar-refractivity contribution < 1.29 is 4.79 Å². The van der Waals surface area contributed by atoms with Gasteiger partial charge < -0.3 is 4.90 Å². The molecule has 140 valence electrons. The fourth-order valence-corrected chi connectivity index (χ4v) is 4.19. The van der Waals surface area contributed by atoms with Crippen LogP contribution in [0.25, 0.3) is 0 Å². The summed E-state index contributed by atoms with van der Waals surface area (Å²) < 4.78 is 0. The van der Waals surface area contributed by atoms with Crippen molar-refractivity contribution in [2.24, 2.45) is 17.3 Å². The fraction of sp³-hybridized carbons (Fsp3) is 0.727. The van der Waals surface area contributed by atoms with Crippen LogP contribution in [0.4, 0.5) is 0 Å². The van der Waals surface area contributed by atoms with Crippen LogP contribution in [0.1, 0.15) is 72.1 Å². The number of carbonyl (C=O) groups excluding carboxylic acids is 1. The number of carbonyl (C=O) groups is 1. The van der Waals surface area contributed by atoms with Crippen molar-refractivity contribution in [2.75, 3.05) is 7.05 Å². The molecule has 0 aliphatic heterocycles. The van der Waals surface area contributed by atoms with Gasteiger partial charge in [0.25, 0.3) is 5.91 Å². The van der Waals surface area contributed by atoms with Crippen molar-refractivity contribution in [3.63, 3.8) is 0 Å². The number of amides is 1. The molecule has 2 rings (SSSR count). The van der Waals surface area contributed by atoms with E-state index in [1.165, 1.54) is 12.8 Å². The molecule has 2 aliphatic carbocycles. The Bertz CT molecular complexity index is 519. The molecule has 2 aliphatic rings. The molecule has 0 aromatic carbocycles. The molecular weight excluding hydrogens is 308 g/mol. The van der Waals surface area contributed by atoms with Crippen molar-refractivity contribution in [1.82, 2.24) is 4.90 Å². The standard InChI is InChI=1S/C22H36N2O/c1-22(2,3)18-12-14-19(15-13-18)24(4)21(25)20(23)16-11-17-9-7-5-6-8-10-17/h5-7,9,17-19,23H,8,10-16H2,1-4H3. The summed E-state index contributed by atoms with van der Waals surface area (Å²) in [6, 6.07) is 0.313. The largest absolute Gasteiger partial charge is 0.338 e. The van der Waals surface area contributed by atoms with Gasteiger partial charge in [0.15, 0.2) is 0 Å². The number of hydrogen-bond acceptors (Lipinski definition) is 2. The molecule has 1 fully saturated rings. The van der Waals surface area contributed by atoms with Crippen LogP contribution in [0.3, 0.4) is 0 Å². The predicted molar refractivity (Wildman–Crippen MR) is 106 cm³/mol. The van der Waals surface area contributed by atoms with Crippen molar-refractivity contribution in [1.29, 1.82) is 5.41 Å². The Morgan fingerprint density at radius 2 is 1.80 bits per heavy atom. The molecule has 1 unspecified atom stereocenters. The molecule has 0 spiro atoms. The molecule has 25 heavy (non-hydrogen) atoms. The SMILES string of the molecule is CN(C(=O)C(=N)CCC1C=CC=CCC1)C1CCC(C(C)(C)C)CC1. The van der Waals surface area contributed by atoms with E-state index in [0.717, 1.165) is 38.0 Å². The third-order valence-corrected chi connectivity index (χ3v) is 6.15. The van der Waals surface area contributed by atoms with E-state index < -0.39 is 0 Å². The van der Waals surface area contributed by atoms with Crippen molar-refractivity contribution >= 4 is 11.6 Å². The second kappa shape index (κ2) is 8.82. The molecule has 1 amide bonds. The van der Waals surface area contributed by atoms with Crippen molar-refractivity contribution in [3.05, 3.63) is 24.3 Å². The first-order valence-corrected chi connectivity index (χ1v) is 9.97. The Morgan fingerprint density at radius 1 is 1.12 bits per heavy atom. The Hall–Kier alpha value is -1.38. The fourth-order valence-electron chi connectivity index (χ4n) is 4.19. The molecule has 0 aromatic heterocycles. The molecule has 3 heteroatoms. The average Bonchev–Trinajstić information content (AvgIpc) is 2.86. The second-order valence-corrected chi connectivity index (χ2v) is 8.96. The molecule has 1 N–H and O–H groups in total. The van der Waals surface area contributed by atoms with E-state index in [1.54, 1.807) is 0 Å². The maximum atomic E-state index is 12.6. The summed E-state index contributed by atoms with van der Waals surface area (Å²) in [4.78, 5) is 14.5. The smallest absolute Gasteiger partial charge is 0.267 e. The topological polar surface area (TPSA) is 44.2 Å². The van der Waals surface area contributed by atoms with Gasteiger partial charge in [-0.1, -0.05) is 45.1 Å². The van der Waals surface area contributed by atoms with Gasteiger partial charge in [0.1, 0.15) is 0 Å². The first-order valence-electron chi connectivity index (χ1n) is 9.97. The molecular formula is C22H36N2O. The lowest BCUT2D eigenvalue weighted by molar-refractivity contribution is -0.125. The molecule has 3 nitrogen and oxygen atoms in total. The van der Waals surface area contributed by atoms with Crippen molar-refractivity contribution in [3.8, 4) is 0 Å². The lowest BCUT2D eigenvalue weighted by Crippen LogP contribution is -2.43. The highest BCUT2D eigenvalue weighted by Gasteiger charge is 2.32. The van der Waals surface area contributed by atoms with Gasteiger partial charge in [-0.05, 0) is 68.6 Å². The van der Waals surface area contributed by atoms with Crippen LogP contribution in [0.5, 0.6) is 0 Å². The van der Waals surface area contributed by atoms with Gasteiger partial charge in [-0.15, -0.1) is 0 Å². The predicted octanol–water partition coefficient (Wildman–Crippen LogP) is 5.37. The van der Waals surface area contributed by atoms with Gasteiger partial charge in [0.2, 0.25) is 0 Å². The highest BCUT2D eigenvalue weighted by molar-refractivity contribution is 6.37. The number of allylic oxidation sites excluding steroid dienone is 4. The summed E-state index contributed by atoms with van der Waals surface area (Å²) in [5.74, 6) is 1.19. The number of rotatable bonds is 5. The minimum Gasteiger partial charge on any atom is -0.338 e. The molecule has 1 saturated carbocycles. The summed E-state index contributed by atoms with van der Waals surface area (Å²) in [5.41, 5.74) is 0.646. The third kappa shape index (κ3) is 5.83. The number of hydrogen-bond donors (Lipinski definition) is 1. The van der Waals surface area contributed by atoms with Gasteiger partial charge in [-0.3, -0.25) is 10.2 Å². The monoisotopic (exact) mass is 344 g/mol. The first-order chi connectivity index (χ1) is 11.8. The van der Waals surface area contributed by atoms with E-state index in [0.29, 0.717) is 23.8 Å².